The third-order valence-corrected chi connectivity index (χ3v) is 3.86. The topological polar surface area (TPSA) is 62.2 Å². The first-order chi connectivity index (χ1) is 9.63. The molecule has 5 nitrogen and oxygen atoms in total. The van der Waals surface area contributed by atoms with Crippen molar-refractivity contribution in [2.75, 3.05) is 27.3 Å². The van der Waals surface area contributed by atoms with Crippen molar-refractivity contribution < 1.29 is 19.5 Å². The summed E-state index contributed by atoms with van der Waals surface area (Å²) in [6.45, 7) is 2.71. The van der Waals surface area contributed by atoms with Crippen LogP contribution in [-0.2, 0) is 11.3 Å². The van der Waals surface area contributed by atoms with Gasteiger partial charge in [-0.05, 0) is 24.4 Å². The third kappa shape index (κ3) is 3.73. The highest BCUT2D eigenvalue weighted by molar-refractivity contribution is 6.58. The molecule has 0 aliphatic carbocycles. The van der Waals surface area contributed by atoms with E-state index in [1.807, 2.05) is 0 Å². The Morgan fingerprint density at radius 1 is 1.25 bits per heavy atom. The summed E-state index contributed by atoms with van der Waals surface area (Å²) in [4.78, 5) is 2.33. The maximum atomic E-state index is 9.27. The Bertz CT molecular complexity index is 433. The zero-order valence-electron chi connectivity index (χ0n) is 12.1. The van der Waals surface area contributed by atoms with Crippen molar-refractivity contribution in [1.82, 2.24) is 4.90 Å². The second-order valence-electron chi connectivity index (χ2n) is 5.16. The molecular weight excluding hydrogens is 257 g/mol. The maximum absolute atomic E-state index is 9.27. The van der Waals surface area contributed by atoms with E-state index in [4.69, 9.17) is 9.47 Å². The minimum atomic E-state index is -1.45. The van der Waals surface area contributed by atoms with Gasteiger partial charge in [-0.25, -0.2) is 0 Å². The molecule has 1 aromatic carbocycles. The number of rotatable bonds is 5. The van der Waals surface area contributed by atoms with Crippen LogP contribution in [-0.4, -0.2) is 55.5 Å². The molecule has 1 saturated heterocycles. The number of ether oxygens (including phenoxy) is 2. The zero-order valence-corrected chi connectivity index (χ0v) is 12.1. The molecule has 1 aliphatic rings. The predicted molar refractivity (Wildman–Crippen MR) is 78.1 cm³/mol. The Labute approximate surface area is 120 Å². The molecule has 0 saturated carbocycles. The summed E-state index contributed by atoms with van der Waals surface area (Å²) in [5, 5.41) is 18.5. The highest BCUT2D eigenvalue weighted by Gasteiger charge is 2.20. The van der Waals surface area contributed by atoms with Gasteiger partial charge in [0.25, 0.3) is 0 Å². The van der Waals surface area contributed by atoms with E-state index in [2.05, 4.69) is 4.90 Å². The summed E-state index contributed by atoms with van der Waals surface area (Å²) in [5.41, 5.74) is 1.47. The largest absolute Gasteiger partial charge is 0.496 e. The van der Waals surface area contributed by atoms with Gasteiger partial charge < -0.3 is 19.5 Å². The van der Waals surface area contributed by atoms with Gasteiger partial charge in [-0.2, -0.15) is 0 Å². The van der Waals surface area contributed by atoms with Crippen LogP contribution in [0.1, 0.15) is 18.4 Å². The summed E-state index contributed by atoms with van der Waals surface area (Å²) in [6, 6.07) is 5.25. The molecule has 0 aromatic heterocycles. The van der Waals surface area contributed by atoms with E-state index >= 15 is 0 Å². The van der Waals surface area contributed by atoms with Crippen LogP contribution in [0.25, 0.3) is 0 Å². The number of piperidine rings is 1. The molecule has 0 unspecified atom stereocenters. The highest BCUT2D eigenvalue weighted by atomic mass is 16.5. The van der Waals surface area contributed by atoms with Gasteiger partial charge in [-0.1, -0.05) is 12.1 Å². The summed E-state index contributed by atoms with van der Waals surface area (Å²) in [5.74, 6) is 0.781. The van der Waals surface area contributed by atoms with Crippen LogP contribution in [0.2, 0.25) is 0 Å². The Kier molecular flexibility index (Phi) is 5.42. The Hall–Kier alpha value is -1.08. The quantitative estimate of drug-likeness (QED) is 0.742. The molecule has 110 valence electrons. The molecule has 1 aliphatic heterocycles. The van der Waals surface area contributed by atoms with Crippen molar-refractivity contribution >= 4 is 12.6 Å². The van der Waals surface area contributed by atoms with E-state index in [0.29, 0.717) is 11.6 Å². The van der Waals surface area contributed by atoms with Crippen molar-refractivity contribution in [2.45, 2.75) is 25.5 Å². The van der Waals surface area contributed by atoms with Crippen molar-refractivity contribution in [2.24, 2.45) is 0 Å². The van der Waals surface area contributed by atoms with E-state index in [1.54, 1.807) is 32.4 Å². The molecule has 0 atom stereocenters. The van der Waals surface area contributed by atoms with Gasteiger partial charge in [0, 0.05) is 32.3 Å². The Morgan fingerprint density at radius 3 is 2.50 bits per heavy atom. The van der Waals surface area contributed by atoms with Crippen LogP contribution < -0.4 is 10.2 Å². The molecular formula is C14H22BNO4. The fourth-order valence-corrected chi connectivity index (χ4v) is 2.63. The van der Waals surface area contributed by atoms with Crippen LogP contribution in [0, 0.1) is 0 Å². The first-order valence-electron chi connectivity index (χ1n) is 6.92. The third-order valence-electron chi connectivity index (χ3n) is 3.86. The van der Waals surface area contributed by atoms with Gasteiger partial charge in [0.2, 0.25) is 0 Å². The number of hydrogen-bond acceptors (Lipinski definition) is 5. The smallest absolute Gasteiger partial charge is 0.488 e. The summed E-state index contributed by atoms with van der Waals surface area (Å²) >= 11 is 0. The number of methoxy groups -OCH3 is 2. The maximum Gasteiger partial charge on any atom is 0.488 e. The molecule has 0 radical (unpaired) electrons. The lowest BCUT2D eigenvalue weighted by atomic mass is 9.79. The predicted octanol–water partition coefficient (Wildman–Crippen LogP) is -0.0142. The van der Waals surface area contributed by atoms with Gasteiger partial charge in [0.15, 0.2) is 0 Å². The lowest BCUT2D eigenvalue weighted by Gasteiger charge is -2.31. The molecule has 0 bridgehead atoms. The van der Waals surface area contributed by atoms with Crippen LogP contribution >= 0.6 is 0 Å². The SMILES string of the molecule is COc1ccc(B(O)O)cc1CN1CCC(OC)CC1. The van der Waals surface area contributed by atoms with Crippen molar-refractivity contribution in [3.63, 3.8) is 0 Å². The molecule has 0 amide bonds. The molecule has 2 rings (SSSR count). The van der Waals surface area contributed by atoms with E-state index in [9.17, 15) is 10.0 Å². The highest BCUT2D eigenvalue weighted by Crippen LogP contribution is 2.21. The van der Waals surface area contributed by atoms with Crippen LogP contribution in [0.5, 0.6) is 5.75 Å². The Balaban J connectivity index is 2.06. The zero-order chi connectivity index (χ0) is 14.5. The van der Waals surface area contributed by atoms with Crippen LogP contribution in [0.3, 0.4) is 0 Å². The molecule has 20 heavy (non-hydrogen) atoms. The van der Waals surface area contributed by atoms with Crippen molar-refractivity contribution in [1.29, 1.82) is 0 Å². The normalized spacial score (nSPS) is 17.2. The van der Waals surface area contributed by atoms with E-state index in [1.165, 1.54) is 0 Å². The molecule has 6 heteroatoms. The molecule has 2 N–H and O–H groups in total. The standard InChI is InChI=1S/C14H22BNO4/c1-19-13-5-7-16(8-6-13)10-11-9-12(15(17)18)3-4-14(11)20-2/h3-4,9,13,17-18H,5-8,10H2,1-2H3. The fourth-order valence-electron chi connectivity index (χ4n) is 2.63. The van der Waals surface area contributed by atoms with Crippen molar-refractivity contribution in [3.8, 4) is 5.75 Å². The molecule has 1 aromatic rings. The second-order valence-corrected chi connectivity index (χ2v) is 5.16. The average molecular weight is 279 g/mol. The number of benzene rings is 1. The number of hydrogen-bond donors (Lipinski definition) is 2. The Morgan fingerprint density at radius 2 is 1.95 bits per heavy atom. The molecule has 0 spiro atoms. The van der Waals surface area contributed by atoms with Gasteiger partial charge in [-0.15, -0.1) is 0 Å². The van der Waals surface area contributed by atoms with Crippen LogP contribution in [0.15, 0.2) is 18.2 Å². The summed E-state index contributed by atoms with van der Waals surface area (Å²) < 4.78 is 10.7. The monoisotopic (exact) mass is 279 g/mol. The summed E-state index contributed by atoms with van der Waals surface area (Å²) in [7, 11) is 1.94. The minimum Gasteiger partial charge on any atom is -0.496 e. The van der Waals surface area contributed by atoms with Gasteiger partial charge in [0.05, 0.1) is 13.2 Å². The fraction of sp³-hybridized carbons (Fsp3) is 0.571. The van der Waals surface area contributed by atoms with E-state index in [-0.39, 0.29) is 0 Å². The number of likely N-dealkylation sites (tertiary alicyclic amines) is 1. The van der Waals surface area contributed by atoms with Gasteiger partial charge >= 0.3 is 7.12 Å². The minimum absolute atomic E-state index is 0.360. The first kappa shape index (κ1) is 15.3. The summed E-state index contributed by atoms with van der Waals surface area (Å²) in [6.07, 6.45) is 2.42. The van der Waals surface area contributed by atoms with Crippen molar-refractivity contribution in [3.05, 3.63) is 23.8 Å². The van der Waals surface area contributed by atoms with E-state index in [0.717, 1.165) is 43.8 Å². The van der Waals surface area contributed by atoms with Crippen LogP contribution in [0.4, 0.5) is 0 Å². The average Bonchev–Trinajstić information content (AvgIpc) is 2.48. The molecule has 1 heterocycles. The second kappa shape index (κ2) is 7.08. The van der Waals surface area contributed by atoms with E-state index < -0.39 is 7.12 Å². The number of nitrogens with zero attached hydrogens (tertiary/aromatic N) is 1. The lowest BCUT2D eigenvalue weighted by molar-refractivity contribution is 0.0387. The van der Waals surface area contributed by atoms with Gasteiger partial charge in [0.1, 0.15) is 5.75 Å². The lowest BCUT2D eigenvalue weighted by Crippen LogP contribution is -2.37. The van der Waals surface area contributed by atoms with Gasteiger partial charge in [-0.3, -0.25) is 4.90 Å². The molecule has 1 fully saturated rings. The first-order valence-corrected chi connectivity index (χ1v) is 6.92.